The van der Waals surface area contributed by atoms with Crippen LogP contribution in [0.5, 0.6) is 5.75 Å². The van der Waals surface area contributed by atoms with Gasteiger partial charge in [0.2, 0.25) is 0 Å². The molecule has 0 aliphatic rings. The molecule has 8 nitrogen and oxygen atoms in total. The minimum absolute atomic E-state index is 0.339. The average Bonchev–Trinajstić information content (AvgIpc) is 3.28. The normalized spacial score (nSPS) is 10.8. The van der Waals surface area contributed by atoms with Crippen LogP contribution < -0.4 is 15.6 Å². The van der Waals surface area contributed by atoms with Gasteiger partial charge in [0.15, 0.2) is 6.61 Å². The van der Waals surface area contributed by atoms with E-state index in [-0.39, 0.29) is 12.1 Å². The highest BCUT2D eigenvalue weighted by atomic mass is 32.1. The van der Waals surface area contributed by atoms with Gasteiger partial charge in [0, 0.05) is 10.6 Å². The van der Waals surface area contributed by atoms with E-state index in [2.05, 4.69) is 10.3 Å². The number of fused-ring (bicyclic) bond motifs is 1. The van der Waals surface area contributed by atoms with E-state index in [9.17, 15) is 14.4 Å². The Morgan fingerprint density at radius 2 is 1.88 bits per heavy atom. The zero-order valence-corrected chi connectivity index (χ0v) is 19.8. The summed E-state index contributed by atoms with van der Waals surface area (Å²) in [6.45, 7) is 3.06. The molecule has 1 N–H and O–H groups in total. The fourth-order valence-corrected chi connectivity index (χ4v) is 4.42. The standard InChI is InChI=1S/C25H23N3O5S/c1-15-5-4-6-19(16(15)2)27-22(29)13-33-23(30)12-28-14-26-20-11-21(34-24(20)25(28)31)17-7-9-18(32-3)10-8-17/h4-11,14H,12-13H2,1-3H3,(H,27,29). The largest absolute Gasteiger partial charge is 0.497 e. The summed E-state index contributed by atoms with van der Waals surface area (Å²) in [4.78, 5) is 42.5. The maximum atomic E-state index is 12.9. The average molecular weight is 478 g/mol. The van der Waals surface area contributed by atoms with Gasteiger partial charge in [-0.2, -0.15) is 0 Å². The lowest BCUT2D eigenvalue weighted by Gasteiger charge is -2.11. The van der Waals surface area contributed by atoms with E-state index in [4.69, 9.17) is 9.47 Å². The summed E-state index contributed by atoms with van der Waals surface area (Å²) < 4.78 is 11.9. The van der Waals surface area contributed by atoms with Crippen molar-refractivity contribution in [3.8, 4) is 16.2 Å². The lowest BCUT2D eigenvalue weighted by molar-refractivity contribution is -0.147. The molecule has 2 heterocycles. The summed E-state index contributed by atoms with van der Waals surface area (Å²) in [5, 5.41) is 2.73. The molecular formula is C25H23N3O5S. The van der Waals surface area contributed by atoms with Crippen LogP contribution in [0.4, 0.5) is 5.69 Å². The number of methoxy groups -OCH3 is 1. The van der Waals surface area contributed by atoms with Crippen LogP contribution in [-0.2, 0) is 20.9 Å². The molecule has 4 rings (SSSR count). The Kier molecular flexibility index (Phi) is 6.74. The van der Waals surface area contributed by atoms with Gasteiger partial charge < -0.3 is 14.8 Å². The molecule has 2 aromatic carbocycles. The predicted molar refractivity (Wildman–Crippen MR) is 131 cm³/mol. The van der Waals surface area contributed by atoms with Crippen molar-refractivity contribution in [1.82, 2.24) is 9.55 Å². The summed E-state index contributed by atoms with van der Waals surface area (Å²) >= 11 is 1.30. The van der Waals surface area contributed by atoms with Gasteiger partial charge in [-0.3, -0.25) is 19.0 Å². The van der Waals surface area contributed by atoms with E-state index in [1.807, 2.05) is 56.3 Å². The van der Waals surface area contributed by atoms with Crippen LogP contribution in [0.3, 0.4) is 0 Å². The first-order chi connectivity index (χ1) is 16.4. The molecule has 9 heteroatoms. The zero-order valence-electron chi connectivity index (χ0n) is 19.0. The maximum absolute atomic E-state index is 12.9. The Labute approximate surface area is 199 Å². The van der Waals surface area contributed by atoms with Crippen molar-refractivity contribution >= 4 is 39.1 Å². The SMILES string of the molecule is COc1ccc(-c2cc3ncn(CC(=O)OCC(=O)Nc4cccc(C)c4C)c(=O)c3s2)cc1. The number of rotatable bonds is 7. The minimum Gasteiger partial charge on any atom is -0.497 e. The second-order valence-corrected chi connectivity index (χ2v) is 8.74. The van der Waals surface area contributed by atoms with Crippen molar-refractivity contribution in [3.05, 3.63) is 76.3 Å². The van der Waals surface area contributed by atoms with Gasteiger partial charge in [-0.15, -0.1) is 11.3 Å². The Balaban J connectivity index is 1.41. The van der Waals surface area contributed by atoms with E-state index in [1.165, 1.54) is 22.2 Å². The fraction of sp³-hybridized carbons (Fsp3) is 0.200. The number of nitrogens with one attached hydrogen (secondary N) is 1. The molecule has 34 heavy (non-hydrogen) atoms. The number of esters is 1. The molecule has 0 spiro atoms. The number of aromatic nitrogens is 2. The number of thiophene rings is 1. The number of amides is 1. The number of hydrogen-bond donors (Lipinski definition) is 1. The molecule has 0 saturated carbocycles. The van der Waals surface area contributed by atoms with E-state index in [0.29, 0.717) is 15.9 Å². The van der Waals surface area contributed by atoms with Gasteiger partial charge in [-0.25, -0.2) is 4.98 Å². The van der Waals surface area contributed by atoms with Crippen LogP contribution in [0.15, 0.2) is 59.7 Å². The van der Waals surface area contributed by atoms with Crippen molar-refractivity contribution in [3.63, 3.8) is 0 Å². The summed E-state index contributed by atoms with van der Waals surface area (Å²) in [5.41, 5.74) is 3.80. The second kappa shape index (κ2) is 9.88. The predicted octanol–water partition coefficient (Wildman–Crippen LogP) is 3.93. The Bertz CT molecular complexity index is 1420. The van der Waals surface area contributed by atoms with Gasteiger partial charge in [-0.05, 0) is 66.9 Å². The van der Waals surface area contributed by atoms with Crippen LogP contribution in [-0.4, -0.2) is 35.1 Å². The summed E-state index contributed by atoms with van der Waals surface area (Å²) in [6.07, 6.45) is 1.31. The zero-order chi connectivity index (χ0) is 24.2. The first kappa shape index (κ1) is 23.2. The highest BCUT2D eigenvalue weighted by Gasteiger charge is 2.15. The number of ether oxygens (including phenoxy) is 2. The van der Waals surface area contributed by atoms with Crippen LogP contribution in [0.1, 0.15) is 11.1 Å². The van der Waals surface area contributed by atoms with E-state index in [1.54, 1.807) is 13.2 Å². The van der Waals surface area contributed by atoms with Gasteiger partial charge in [-0.1, -0.05) is 12.1 Å². The molecule has 1 amide bonds. The monoisotopic (exact) mass is 477 g/mol. The third-order valence-electron chi connectivity index (χ3n) is 5.42. The molecule has 0 bridgehead atoms. The number of anilines is 1. The molecule has 0 radical (unpaired) electrons. The first-order valence-electron chi connectivity index (χ1n) is 10.5. The van der Waals surface area contributed by atoms with E-state index in [0.717, 1.165) is 27.3 Å². The van der Waals surface area contributed by atoms with E-state index < -0.39 is 18.5 Å². The summed E-state index contributed by atoms with van der Waals surface area (Å²) in [7, 11) is 1.60. The van der Waals surface area contributed by atoms with Crippen LogP contribution in [0.2, 0.25) is 0 Å². The number of nitrogens with zero attached hydrogens (tertiary/aromatic N) is 2. The van der Waals surface area contributed by atoms with Crippen molar-refractivity contribution < 1.29 is 19.1 Å². The van der Waals surface area contributed by atoms with Crippen molar-refractivity contribution in [2.75, 3.05) is 19.0 Å². The number of carbonyl (C=O) groups is 2. The maximum Gasteiger partial charge on any atom is 0.326 e. The highest BCUT2D eigenvalue weighted by Crippen LogP contribution is 2.31. The van der Waals surface area contributed by atoms with Crippen LogP contribution in [0, 0.1) is 13.8 Å². The van der Waals surface area contributed by atoms with Crippen LogP contribution in [0.25, 0.3) is 20.7 Å². The summed E-state index contributed by atoms with van der Waals surface area (Å²) in [6, 6.07) is 14.9. The third-order valence-corrected chi connectivity index (χ3v) is 6.58. The number of benzene rings is 2. The van der Waals surface area contributed by atoms with Gasteiger partial charge in [0.1, 0.15) is 17.0 Å². The number of carbonyl (C=O) groups excluding carboxylic acids is 2. The van der Waals surface area contributed by atoms with E-state index >= 15 is 0 Å². The Morgan fingerprint density at radius 3 is 2.62 bits per heavy atom. The lowest BCUT2D eigenvalue weighted by Crippen LogP contribution is -2.27. The molecule has 0 fully saturated rings. The molecule has 4 aromatic rings. The van der Waals surface area contributed by atoms with Crippen molar-refractivity contribution in [2.45, 2.75) is 20.4 Å². The highest BCUT2D eigenvalue weighted by molar-refractivity contribution is 7.22. The second-order valence-electron chi connectivity index (χ2n) is 7.69. The van der Waals surface area contributed by atoms with Crippen LogP contribution >= 0.6 is 11.3 Å². The van der Waals surface area contributed by atoms with Crippen molar-refractivity contribution in [2.24, 2.45) is 0 Å². The molecule has 2 aromatic heterocycles. The van der Waals surface area contributed by atoms with Crippen molar-refractivity contribution in [1.29, 1.82) is 0 Å². The number of hydrogen-bond acceptors (Lipinski definition) is 7. The molecule has 0 saturated heterocycles. The number of aryl methyl sites for hydroxylation is 1. The Hall–Kier alpha value is -3.98. The smallest absolute Gasteiger partial charge is 0.326 e. The lowest BCUT2D eigenvalue weighted by atomic mass is 10.1. The quantitative estimate of drug-likeness (QED) is 0.405. The molecule has 174 valence electrons. The topological polar surface area (TPSA) is 99.5 Å². The molecule has 0 unspecified atom stereocenters. The molecular weight excluding hydrogens is 454 g/mol. The molecule has 0 aliphatic carbocycles. The molecule has 0 aliphatic heterocycles. The third kappa shape index (κ3) is 4.99. The fourth-order valence-electron chi connectivity index (χ4n) is 3.36. The van der Waals surface area contributed by atoms with Gasteiger partial charge >= 0.3 is 5.97 Å². The van der Waals surface area contributed by atoms with Gasteiger partial charge in [0.25, 0.3) is 11.5 Å². The molecule has 0 atom stereocenters. The summed E-state index contributed by atoms with van der Waals surface area (Å²) in [5.74, 6) is -0.414. The minimum atomic E-state index is -0.703. The van der Waals surface area contributed by atoms with Gasteiger partial charge in [0.05, 0.1) is 19.0 Å². The first-order valence-corrected chi connectivity index (χ1v) is 11.3. The Morgan fingerprint density at radius 1 is 1.12 bits per heavy atom.